The van der Waals surface area contributed by atoms with Crippen molar-refractivity contribution in [3.8, 4) is 11.5 Å². The largest absolute Gasteiger partial charge is 0.478 e. The lowest BCUT2D eigenvalue weighted by Crippen LogP contribution is -2.14. The Morgan fingerprint density at radius 3 is 2.20 bits per heavy atom. The van der Waals surface area contributed by atoms with Crippen LogP contribution in [0.4, 0.5) is 0 Å². The topological polar surface area (TPSA) is 46.5 Å². The van der Waals surface area contributed by atoms with Crippen molar-refractivity contribution in [1.29, 1.82) is 0 Å². The van der Waals surface area contributed by atoms with Crippen molar-refractivity contribution in [1.82, 2.24) is 0 Å². The quantitative estimate of drug-likeness (QED) is 0.894. The summed E-state index contributed by atoms with van der Waals surface area (Å²) in [5.74, 6) is 0.0624. The second kappa shape index (κ2) is 5.37. The Hall–Kier alpha value is -2.29. The van der Waals surface area contributed by atoms with Gasteiger partial charge in [0.25, 0.3) is 0 Å². The fraction of sp³-hybridized carbons (Fsp3) is 0.235. The molecule has 0 radical (unpaired) electrons. The van der Waals surface area contributed by atoms with Gasteiger partial charge >= 0.3 is 5.97 Å². The monoisotopic (exact) mass is 270 g/mol. The van der Waals surface area contributed by atoms with E-state index in [1.54, 1.807) is 12.1 Å². The van der Waals surface area contributed by atoms with Gasteiger partial charge in [0.1, 0.15) is 17.1 Å². The van der Waals surface area contributed by atoms with Crippen LogP contribution in [-0.2, 0) is 5.41 Å². The number of carboxylic acids is 1. The Balaban J connectivity index is 2.56. The van der Waals surface area contributed by atoms with Crippen molar-refractivity contribution in [2.75, 3.05) is 0 Å². The molecule has 0 aromatic heterocycles. The van der Waals surface area contributed by atoms with Gasteiger partial charge in [0.15, 0.2) is 0 Å². The Labute approximate surface area is 118 Å². The molecule has 0 saturated carbocycles. The molecule has 0 amide bonds. The maximum atomic E-state index is 11.4. The molecule has 0 spiro atoms. The molecule has 0 fully saturated rings. The lowest BCUT2D eigenvalue weighted by atomic mass is 9.85. The maximum Gasteiger partial charge on any atom is 0.339 e. The third-order valence-electron chi connectivity index (χ3n) is 3.02. The smallest absolute Gasteiger partial charge is 0.339 e. The van der Waals surface area contributed by atoms with E-state index < -0.39 is 5.97 Å². The minimum absolute atomic E-state index is 0.182. The highest BCUT2D eigenvalue weighted by Gasteiger charge is 2.24. The summed E-state index contributed by atoms with van der Waals surface area (Å²) in [5, 5.41) is 9.35. The molecule has 0 heterocycles. The summed E-state index contributed by atoms with van der Waals surface area (Å²) in [5.41, 5.74) is 0.859. The van der Waals surface area contributed by atoms with Crippen LogP contribution in [-0.4, -0.2) is 11.1 Å². The first kappa shape index (κ1) is 14.1. The summed E-state index contributed by atoms with van der Waals surface area (Å²) in [6, 6.07) is 14.4. The van der Waals surface area contributed by atoms with Gasteiger partial charge in [-0.25, -0.2) is 4.79 Å². The van der Waals surface area contributed by atoms with E-state index >= 15 is 0 Å². The number of benzene rings is 2. The van der Waals surface area contributed by atoms with E-state index in [1.165, 1.54) is 0 Å². The number of hydrogen-bond donors (Lipinski definition) is 1. The second-order valence-corrected chi connectivity index (χ2v) is 5.65. The van der Waals surface area contributed by atoms with E-state index in [1.807, 2.05) is 57.2 Å². The highest BCUT2D eigenvalue weighted by atomic mass is 16.5. The third kappa shape index (κ3) is 2.99. The van der Waals surface area contributed by atoms with Crippen LogP contribution < -0.4 is 4.74 Å². The predicted octanol–water partition coefficient (Wildman–Crippen LogP) is 4.47. The molecule has 0 aliphatic rings. The van der Waals surface area contributed by atoms with Gasteiger partial charge in [-0.3, -0.25) is 0 Å². The Morgan fingerprint density at radius 2 is 1.65 bits per heavy atom. The molecule has 2 aromatic carbocycles. The van der Waals surface area contributed by atoms with Crippen molar-refractivity contribution in [2.24, 2.45) is 0 Å². The van der Waals surface area contributed by atoms with Gasteiger partial charge in [0, 0.05) is 5.56 Å². The van der Waals surface area contributed by atoms with Crippen LogP contribution >= 0.6 is 0 Å². The van der Waals surface area contributed by atoms with Crippen molar-refractivity contribution in [3.05, 3.63) is 59.7 Å². The van der Waals surface area contributed by atoms with Crippen molar-refractivity contribution < 1.29 is 14.6 Å². The average molecular weight is 270 g/mol. The highest BCUT2D eigenvalue weighted by Crippen LogP contribution is 2.36. The molecule has 20 heavy (non-hydrogen) atoms. The van der Waals surface area contributed by atoms with E-state index in [0.717, 1.165) is 5.56 Å². The minimum atomic E-state index is -0.984. The van der Waals surface area contributed by atoms with E-state index in [4.69, 9.17) is 4.74 Å². The summed E-state index contributed by atoms with van der Waals surface area (Å²) in [6.45, 7) is 6.10. The molecule has 2 aromatic rings. The van der Waals surface area contributed by atoms with Crippen LogP contribution in [0.3, 0.4) is 0 Å². The van der Waals surface area contributed by atoms with Crippen LogP contribution in [0.1, 0.15) is 36.7 Å². The molecule has 0 aliphatic heterocycles. The Kier molecular flexibility index (Phi) is 3.79. The van der Waals surface area contributed by atoms with E-state index in [-0.39, 0.29) is 11.0 Å². The number of aromatic carboxylic acids is 1. The number of hydrogen-bond acceptors (Lipinski definition) is 2. The number of carbonyl (C=O) groups is 1. The van der Waals surface area contributed by atoms with Crippen LogP contribution in [0.2, 0.25) is 0 Å². The second-order valence-electron chi connectivity index (χ2n) is 5.65. The molecule has 0 unspecified atom stereocenters. The average Bonchev–Trinajstić information content (AvgIpc) is 2.38. The zero-order valence-electron chi connectivity index (χ0n) is 11.9. The summed E-state index contributed by atoms with van der Waals surface area (Å²) >= 11 is 0. The van der Waals surface area contributed by atoms with E-state index in [9.17, 15) is 9.90 Å². The number of rotatable bonds is 3. The van der Waals surface area contributed by atoms with Gasteiger partial charge in [-0.15, -0.1) is 0 Å². The minimum Gasteiger partial charge on any atom is -0.478 e. The van der Waals surface area contributed by atoms with Crippen molar-refractivity contribution in [2.45, 2.75) is 26.2 Å². The first-order chi connectivity index (χ1) is 9.39. The zero-order valence-corrected chi connectivity index (χ0v) is 11.9. The Bertz CT molecular complexity index is 610. The first-order valence-corrected chi connectivity index (χ1v) is 6.49. The van der Waals surface area contributed by atoms with E-state index in [2.05, 4.69) is 0 Å². The predicted molar refractivity (Wildman–Crippen MR) is 78.6 cm³/mol. The third-order valence-corrected chi connectivity index (χ3v) is 3.02. The molecular formula is C17H18O3. The standard InChI is InChI=1S/C17H18O3/c1-17(2,3)14-11-7-10-13(16(18)19)15(14)20-12-8-5-4-6-9-12/h4-11H,1-3H3,(H,18,19). The summed E-state index contributed by atoms with van der Waals surface area (Å²) in [6.07, 6.45) is 0. The van der Waals surface area contributed by atoms with Crippen molar-refractivity contribution >= 4 is 5.97 Å². The number of ether oxygens (including phenoxy) is 1. The first-order valence-electron chi connectivity index (χ1n) is 6.49. The van der Waals surface area contributed by atoms with Gasteiger partial charge in [-0.05, 0) is 23.6 Å². The molecule has 0 bridgehead atoms. The number of para-hydroxylation sites is 2. The molecule has 0 aliphatic carbocycles. The van der Waals surface area contributed by atoms with Crippen LogP contribution in [0.5, 0.6) is 11.5 Å². The molecule has 2 rings (SSSR count). The SMILES string of the molecule is CC(C)(C)c1cccc(C(=O)O)c1Oc1ccccc1. The summed E-state index contributed by atoms with van der Waals surface area (Å²) < 4.78 is 5.85. The van der Waals surface area contributed by atoms with Gasteiger partial charge in [0.05, 0.1) is 0 Å². The Morgan fingerprint density at radius 1 is 1.00 bits per heavy atom. The van der Waals surface area contributed by atoms with Crippen LogP contribution in [0.15, 0.2) is 48.5 Å². The highest BCUT2D eigenvalue weighted by molar-refractivity contribution is 5.91. The molecule has 1 N–H and O–H groups in total. The fourth-order valence-corrected chi connectivity index (χ4v) is 2.01. The zero-order chi connectivity index (χ0) is 14.8. The summed E-state index contributed by atoms with van der Waals surface area (Å²) in [4.78, 5) is 11.4. The molecule has 104 valence electrons. The maximum absolute atomic E-state index is 11.4. The molecular weight excluding hydrogens is 252 g/mol. The van der Waals surface area contributed by atoms with Crippen molar-refractivity contribution in [3.63, 3.8) is 0 Å². The summed E-state index contributed by atoms with van der Waals surface area (Å²) in [7, 11) is 0. The van der Waals surface area contributed by atoms with Gasteiger partial charge in [-0.1, -0.05) is 51.1 Å². The fourth-order valence-electron chi connectivity index (χ4n) is 2.01. The van der Waals surface area contributed by atoms with Crippen LogP contribution in [0, 0.1) is 0 Å². The van der Waals surface area contributed by atoms with E-state index in [0.29, 0.717) is 11.5 Å². The molecule has 3 nitrogen and oxygen atoms in total. The van der Waals surface area contributed by atoms with Gasteiger partial charge in [0.2, 0.25) is 0 Å². The van der Waals surface area contributed by atoms with Gasteiger partial charge in [-0.2, -0.15) is 0 Å². The molecule has 0 saturated heterocycles. The lowest BCUT2D eigenvalue weighted by molar-refractivity contribution is 0.0694. The van der Waals surface area contributed by atoms with Crippen LogP contribution in [0.25, 0.3) is 0 Å². The lowest BCUT2D eigenvalue weighted by Gasteiger charge is -2.23. The number of carboxylic acid groups (broad SMARTS) is 1. The molecule has 0 atom stereocenters. The molecule has 3 heteroatoms. The van der Waals surface area contributed by atoms with Gasteiger partial charge < -0.3 is 9.84 Å². The normalized spacial score (nSPS) is 11.2.